The van der Waals surface area contributed by atoms with Gasteiger partial charge in [-0.1, -0.05) is 107 Å². The molecule has 0 bridgehead atoms. The molecule has 0 heterocycles. The fraction of sp³-hybridized carbons (Fsp3) is 0.367. The Bertz CT molecular complexity index is 1060. The molecule has 0 amide bonds. The van der Waals surface area contributed by atoms with Crippen LogP contribution >= 0.6 is 0 Å². The second kappa shape index (κ2) is 10.5. The normalized spacial score (nSPS) is 23.0. The predicted molar refractivity (Wildman–Crippen MR) is 143 cm³/mol. The number of ether oxygens (including phenoxy) is 1. The van der Waals surface area contributed by atoms with E-state index in [9.17, 15) is 9.90 Å². The second-order valence-electron chi connectivity index (χ2n) is 10.6. The van der Waals surface area contributed by atoms with Gasteiger partial charge in [0.2, 0.25) is 0 Å². The van der Waals surface area contributed by atoms with Crippen LogP contribution in [0.1, 0.15) is 50.9 Å². The summed E-state index contributed by atoms with van der Waals surface area (Å²) in [5.74, 6) is -0.285. The van der Waals surface area contributed by atoms with Crippen LogP contribution in [0.25, 0.3) is 0 Å². The van der Waals surface area contributed by atoms with Gasteiger partial charge in [0.05, 0.1) is 11.7 Å². The number of hydrogen-bond acceptors (Lipinski definition) is 4. The average molecular weight is 489 g/mol. The van der Waals surface area contributed by atoms with E-state index in [1.54, 1.807) is 12.1 Å². The van der Waals surface area contributed by atoms with Gasteiger partial charge in [-0.15, -0.1) is 0 Å². The molecule has 0 saturated heterocycles. The summed E-state index contributed by atoms with van der Waals surface area (Å²) >= 11 is 0. The number of esters is 1. The van der Waals surface area contributed by atoms with Crippen LogP contribution in [0.2, 0.25) is 5.04 Å². The Balaban J connectivity index is 1.71. The van der Waals surface area contributed by atoms with E-state index < -0.39 is 32.6 Å². The first kappa shape index (κ1) is 25.4. The number of aliphatic hydroxyl groups is 1. The Kier molecular flexibility index (Phi) is 7.60. The van der Waals surface area contributed by atoms with Gasteiger partial charge in [0.1, 0.15) is 12.2 Å². The first-order valence-corrected chi connectivity index (χ1v) is 14.4. The molecule has 1 saturated carbocycles. The lowest BCUT2D eigenvalue weighted by Gasteiger charge is -2.49. The van der Waals surface area contributed by atoms with Crippen molar-refractivity contribution >= 4 is 24.7 Å². The molecule has 5 heteroatoms. The van der Waals surface area contributed by atoms with Crippen molar-refractivity contribution in [1.29, 1.82) is 0 Å². The molecule has 4 rings (SSSR count). The molecular weight excluding hydrogens is 452 g/mol. The maximum absolute atomic E-state index is 12.8. The molecule has 4 atom stereocenters. The summed E-state index contributed by atoms with van der Waals surface area (Å²) in [6, 6.07) is 29.8. The van der Waals surface area contributed by atoms with E-state index in [0.29, 0.717) is 12.0 Å². The lowest BCUT2D eigenvalue weighted by Crippen LogP contribution is -2.70. The van der Waals surface area contributed by atoms with Crippen LogP contribution in [0.4, 0.5) is 0 Å². The van der Waals surface area contributed by atoms with Gasteiger partial charge in [-0.25, -0.2) is 4.79 Å². The average Bonchev–Trinajstić information content (AvgIpc) is 2.87. The Morgan fingerprint density at radius 3 is 1.80 bits per heavy atom. The number of hydrogen-bond donors (Lipinski definition) is 1. The van der Waals surface area contributed by atoms with E-state index in [-0.39, 0.29) is 11.0 Å². The Morgan fingerprint density at radius 2 is 1.31 bits per heavy atom. The summed E-state index contributed by atoms with van der Waals surface area (Å²) in [6.07, 6.45) is -0.549. The molecule has 35 heavy (non-hydrogen) atoms. The van der Waals surface area contributed by atoms with Gasteiger partial charge in [0.15, 0.2) is 0 Å². The quantitative estimate of drug-likeness (QED) is 0.394. The molecule has 1 N–H and O–H groups in total. The number of carbonyl (C=O) groups excluding carboxylic acids is 1. The molecule has 0 aromatic heterocycles. The topological polar surface area (TPSA) is 55.8 Å². The highest BCUT2D eigenvalue weighted by atomic mass is 28.4. The fourth-order valence-electron chi connectivity index (χ4n) is 5.30. The maximum Gasteiger partial charge on any atom is 0.338 e. The van der Waals surface area contributed by atoms with Gasteiger partial charge in [0, 0.05) is 0 Å². The minimum atomic E-state index is -2.85. The van der Waals surface area contributed by atoms with Crippen LogP contribution in [-0.4, -0.2) is 37.7 Å². The molecule has 3 aromatic rings. The summed E-state index contributed by atoms with van der Waals surface area (Å²) in [7, 11) is -2.85. The molecule has 1 aliphatic carbocycles. The van der Waals surface area contributed by atoms with Crippen molar-refractivity contribution in [2.24, 2.45) is 5.92 Å². The fourth-order valence-corrected chi connectivity index (χ4v) is 10.1. The lowest BCUT2D eigenvalue weighted by molar-refractivity contribution is -0.105. The molecule has 1 fully saturated rings. The van der Waals surface area contributed by atoms with Gasteiger partial charge >= 0.3 is 5.97 Å². The molecule has 0 spiro atoms. The van der Waals surface area contributed by atoms with E-state index in [1.807, 2.05) is 30.3 Å². The second-order valence-corrected chi connectivity index (χ2v) is 14.9. The summed E-state index contributed by atoms with van der Waals surface area (Å²) in [5.41, 5.74) is 0.489. The first-order valence-electron chi connectivity index (χ1n) is 12.5. The zero-order chi connectivity index (χ0) is 25.1. The molecule has 184 valence electrons. The molecular formula is C30H36O4Si. The minimum Gasteiger partial charge on any atom is -0.456 e. The SMILES string of the molecule is C[C@H]1CC[C@H](OC(=O)c2ccccc2)[C@@H](O)[C@H]1O[Si](c1ccccc1)(c1ccccc1)C(C)(C)C. The van der Waals surface area contributed by atoms with Crippen molar-refractivity contribution in [1.82, 2.24) is 0 Å². The summed E-state index contributed by atoms with van der Waals surface area (Å²) < 4.78 is 13.1. The van der Waals surface area contributed by atoms with Crippen molar-refractivity contribution in [3.05, 3.63) is 96.6 Å². The third kappa shape index (κ3) is 5.13. The van der Waals surface area contributed by atoms with Crippen molar-refractivity contribution in [2.45, 2.75) is 63.9 Å². The molecule has 0 aliphatic heterocycles. The first-order chi connectivity index (χ1) is 16.7. The van der Waals surface area contributed by atoms with Gasteiger partial charge in [-0.3, -0.25) is 0 Å². The molecule has 0 unspecified atom stereocenters. The predicted octanol–water partition coefficient (Wildman–Crippen LogP) is 4.95. The van der Waals surface area contributed by atoms with Crippen molar-refractivity contribution in [3.63, 3.8) is 0 Å². The third-order valence-corrected chi connectivity index (χ3v) is 12.2. The van der Waals surface area contributed by atoms with Gasteiger partial charge in [-0.2, -0.15) is 0 Å². The zero-order valence-corrected chi connectivity index (χ0v) is 22.1. The standard InChI is InChI=1S/C30H36O4Si/c1-22-20-21-26(33-29(32)23-14-8-5-9-15-23)27(31)28(22)34-35(30(2,3)4,24-16-10-6-11-17-24)25-18-12-7-13-19-25/h5-19,22,26-28,31H,20-21H2,1-4H3/t22-,26-,27+,28-/m0/s1. The molecule has 3 aromatic carbocycles. The van der Waals surface area contributed by atoms with Crippen LogP contribution < -0.4 is 10.4 Å². The van der Waals surface area contributed by atoms with Gasteiger partial charge in [0.25, 0.3) is 8.32 Å². The highest BCUT2D eigenvalue weighted by molar-refractivity contribution is 6.99. The Labute approximate surface area is 210 Å². The summed E-state index contributed by atoms with van der Waals surface area (Å²) in [4.78, 5) is 12.8. The van der Waals surface area contributed by atoms with E-state index >= 15 is 0 Å². The smallest absolute Gasteiger partial charge is 0.338 e. The number of rotatable bonds is 6. The van der Waals surface area contributed by atoms with Gasteiger partial charge < -0.3 is 14.3 Å². The monoisotopic (exact) mass is 488 g/mol. The number of benzene rings is 3. The molecule has 0 radical (unpaired) electrons. The number of carbonyl (C=O) groups is 1. The molecule has 1 aliphatic rings. The van der Waals surface area contributed by atoms with E-state index in [0.717, 1.165) is 6.42 Å². The Hall–Kier alpha value is -2.73. The third-order valence-electron chi connectivity index (χ3n) is 7.18. The lowest BCUT2D eigenvalue weighted by atomic mass is 9.84. The van der Waals surface area contributed by atoms with Crippen molar-refractivity contribution < 1.29 is 19.1 Å². The van der Waals surface area contributed by atoms with E-state index in [2.05, 4.69) is 76.2 Å². The largest absolute Gasteiger partial charge is 0.456 e. The van der Waals surface area contributed by atoms with Crippen LogP contribution in [-0.2, 0) is 9.16 Å². The summed E-state index contributed by atoms with van der Waals surface area (Å²) in [6.45, 7) is 8.81. The highest BCUT2D eigenvalue weighted by Crippen LogP contribution is 2.41. The summed E-state index contributed by atoms with van der Waals surface area (Å²) in [5, 5.41) is 13.7. The van der Waals surface area contributed by atoms with Gasteiger partial charge in [-0.05, 0) is 46.3 Å². The van der Waals surface area contributed by atoms with Crippen molar-refractivity contribution in [2.75, 3.05) is 0 Å². The highest BCUT2D eigenvalue weighted by Gasteiger charge is 2.54. The van der Waals surface area contributed by atoms with E-state index in [1.165, 1.54) is 10.4 Å². The minimum absolute atomic E-state index is 0.123. The van der Waals surface area contributed by atoms with Crippen LogP contribution in [0.15, 0.2) is 91.0 Å². The maximum atomic E-state index is 12.8. The van der Waals surface area contributed by atoms with E-state index in [4.69, 9.17) is 9.16 Å². The van der Waals surface area contributed by atoms with Crippen LogP contribution in [0.5, 0.6) is 0 Å². The zero-order valence-electron chi connectivity index (χ0n) is 21.1. The van der Waals surface area contributed by atoms with Crippen LogP contribution in [0, 0.1) is 5.92 Å². The molecule has 4 nitrogen and oxygen atoms in total. The van der Waals surface area contributed by atoms with Crippen LogP contribution in [0.3, 0.4) is 0 Å². The number of aliphatic hydroxyl groups excluding tert-OH is 1. The Morgan fingerprint density at radius 1 is 0.829 bits per heavy atom. The van der Waals surface area contributed by atoms with Crippen molar-refractivity contribution in [3.8, 4) is 0 Å².